The Morgan fingerprint density at radius 3 is 2.60 bits per heavy atom. The molecule has 1 saturated heterocycles. The van der Waals surface area contributed by atoms with E-state index in [1.54, 1.807) is 11.9 Å². The minimum Gasteiger partial charge on any atom is -0.356 e. The van der Waals surface area contributed by atoms with Gasteiger partial charge in [-0.3, -0.25) is 9.59 Å². The van der Waals surface area contributed by atoms with Crippen LogP contribution in [-0.4, -0.2) is 48.6 Å². The number of carbonyl (C=O) groups is 2. The zero-order valence-corrected chi connectivity index (χ0v) is 14.9. The summed E-state index contributed by atoms with van der Waals surface area (Å²) >= 11 is 0. The molecule has 1 heterocycles. The van der Waals surface area contributed by atoms with E-state index in [-0.39, 0.29) is 30.5 Å². The van der Waals surface area contributed by atoms with Crippen molar-refractivity contribution in [3.63, 3.8) is 0 Å². The van der Waals surface area contributed by atoms with Gasteiger partial charge in [-0.25, -0.2) is 0 Å². The van der Waals surface area contributed by atoms with Crippen LogP contribution in [0.15, 0.2) is 24.3 Å². The molecule has 1 aromatic carbocycles. The standard InChI is InChI=1S/C19H27N3O3/c1-12-5-3-4-6-15(12)17-18(25-11-16(23)22(17)2)19(24)21-14-9-7-13(20)8-10-14/h3-6,13-14,17-18H,7-11,20H2,1-2H3,(H,21,24)/t13?,14?,17-,18+/m1/s1. The van der Waals surface area contributed by atoms with Crippen LogP contribution < -0.4 is 11.1 Å². The summed E-state index contributed by atoms with van der Waals surface area (Å²) in [5.74, 6) is -0.256. The average molecular weight is 345 g/mol. The van der Waals surface area contributed by atoms with Gasteiger partial charge in [-0.15, -0.1) is 0 Å². The van der Waals surface area contributed by atoms with Crippen molar-refractivity contribution in [2.75, 3.05) is 13.7 Å². The Bertz CT molecular complexity index is 641. The van der Waals surface area contributed by atoms with Gasteiger partial charge >= 0.3 is 0 Å². The minimum absolute atomic E-state index is 0.0630. The summed E-state index contributed by atoms with van der Waals surface area (Å²) in [6.07, 6.45) is 2.94. The van der Waals surface area contributed by atoms with E-state index < -0.39 is 12.1 Å². The van der Waals surface area contributed by atoms with Crippen molar-refractivity contribution < 1.29 is 14.3 Å². The molecule has 1 saturated carbocycles. The molecule has 0 unspecified atom stereocenters. The van der Waals surface area contributed by atoms with Crippen molar-refractivity contribution in [2.45, 2.75) is 56.8 Å². The van der Waals surface area contributed by atoms with E-state index in [1.165, 1.54) is 0 Å². The van der Waals surface area contributed by atoms with E-state index in [9.17, 15) is 9.59 Å². The summed E-state index contributed by atoms with van der Waals surface area (Å²) in [5, 5.41) is 3.11. The number of morpholine rings is 1. The molecule has 6 nitrogen and oxygen atoms in total. The molecule has 6 heteroatoms. The Hall–Kier alpha value is -1.92. The molecule has 3 rings (SSSR count). The van der Waals surface area contributed by atoms with Crippen LogP contribution in [0.4, 0.5) is 0 Å². The highest BCUT2D eigenvalue weighted by Crippen LogP contribution is 2.31. The van der Waals surface area contributed by atoms with Gasteiger partial charge in [0.25, 0.3) is 5.91 Å². The number of aryl methyl sites for hydroxylation is 1. The molecule has 0 spiro atoms. The summed E-state index contributed by atoms with van der Waals surface area (Å²) < 4.78 is 5.68. The van der Waals surface area contributed by atoms with E-state index >= 15 is 0 Å². The van der Waals surface area contributed by atoms with E-state index in [4.69, 9.17) is 10.5 Å². The molecule has 0 aromatic heterocycles. The number of nitrogens with zero attached hydrogens (tertiary/aromatic N) is 1. The van der Waals surface area contributed by atoms with Gasteiger partial charge in [0.1, 0.15) is 6.61 Å². The van der Waals surface area contributed by atoms with Gasteiger partial charge in [0.05, 0.1) is 6.04 Å². The number of rotatable bonds is 3. The topological polar surface area (TPSA) is 84.7 Å². The molecular formula is C19H27N3O3. The highest BCUT2D eigenvalue weighted by molar-refractivity contribution is 5.86. The lowest BCUT2D eigenvalue weighted by atomic mass is 9.90. The van der Waals surface area contributed by atoms with E-state index in [0.29, 0.717) is 0 Å². The maximum atomic E-state index is 12.9. The quantitative estimate of drug-likeness (QED) is 0.864. The summed E-state index contributed by atoms with van der Waals surface area (Å²) in [7, 11) is 1.74. The van der Waals surface area contributed by atoms with E-state index in [1.807, 2.05) is 31.2 Å². The van der Waals surface area contributed by atoms with Gasteiger partial charge in [0, 0.05) is 19.1 Å². The highest BCUT2D eigenvalue weighted by atomic mass is 16.5. The van der Waals surface area contributed by atoms with E-state index in [2.05, 4.69) is 5.32 Å². The van der Waals surface area contributed by atoms with Crippen molar-refractivity contribution in [2.24, 2.45) is 5.73 Å². The zero-order chi connectivity index (χ0) is 18.0. The van der Waals surface area contributed by atoms with Crippen molar-refractivity contribution in [3.8, 4) is 0 Å². The predicted molar refractivity (Wildman–Crippen MR) is 94.8 cm³/mol. The molecule has 136 valence electrons. The first-order valence-electron chi connectivity index (χ1n) is 8.96. The van der Waals surface area contributed by atoms with Crippen molar-refractivity contribution in [3.05, 3.63) is 35.4 Å². The maximum absolute atomic E-state index is 12.9. The second kappa shape index (κ2) is 7.54. The first-order chi connectivity index (χ1) is 12.0. The first-order valence-corrected chi connectivity index (χ1v) is 8.96. The zero-order valence-electron chi connectivity index (χ0n) is 14.9. The van der Waals surface area contributed by atoms with Crippen molar-refractivity contribution in [1.29, 1.82) is 0 Å². The largest absolute Gasteiger partial charge is 0.356 e. The highest BCUT2D eigenvalue weighted by Gasteiger charge is 2.41. The fourth-order valence-corrected chi connectivity index (χ4v) is 3.77. The Morgan fingerprint density at radius 2 is 1.92 bits per heavy atom. The Kier molecular flexibility index (Phi) is 5.39. The molecule has 2 aliphatic rings. The molecule has 1 aromatic rings. The SMILES string of the molecule is Cc1ccccc1[C@@H]1[C@@H](C(=O)NC2CCC(N)CC2)OCC(=O)N1C. The summed E-state index contributed by atoms with van der Waals surface area (Å²) in [5.41, 5.74) is 7.93. The maximum Gasteiger partial charge on any atom is 0.251 e. The average Bonchev–Trinajstić information content (AvgIpc) is 2.60. The third-order valence-electron chi connectivity index (χ3n) is 5.37. The number of ether oxygens (including phenoxy) is 1. The third-order valence-corrected chi connectivity index (χ3v) is 5.37. The van der Waals surface area contributed by atoms with Gasteiger partial charge in [0.2, 0.25) is 5.91 Å². The van der Waals surface area contributed by atoms with Crippen LogP contribution in [0.25, 0.3) is 0 Å². The van der Waals surface area contributed by atoms with Crippen LogP contribution in [-0.2, 0) is 14.3 Å². The Balaban J connectivity index is 1.78. The summed E-state index contributed by atoms with van der Waals surface area (Å²) in [6, 6.07) is 7.78. The van der Waals surface area contributed by atoms with Gasteiger partial charge in [0.15, 0.2) is 6.10 Å². The number of hydrogen-bond donors (Lipinski definition) is 2. The van der Waals surface area contributed by atoms with E-state index in [0.717, 1.165) is 36.8 Å². The minimum atomic E-state index is -0.695. The summed E-state index contributed by atoms with van der Waals surface area (Å²) in [6.45, 7) is 1.92. The Morgan fingerprint density at radius 1 is 1.24 bits per heavy atom. The number of hydrogen-bond acceptors (Lipinski definition) is 4. The van der Waals surface area contributed by atoms with Gasteiger partial charge in [-0.2, -0.15) is 0 Å². The number of likely N-dealkylation sites (N-methyl/N-ethyl adjacent to an activating group) is 1. The van der Waals surface area contributed by atoms with Crippen molar-refractivity contribution >= 4 is 11.8 Å². The van der Waals surface area contributed by atoms with Crippen LogP contribution in [0.1, 0.15) is 42.9 Å². The monoisotopic (exact) mass is 345 g/mol. The molecule has 1 aliphatic carbocycles. The van der Waals surface area contributed by atoms with Gasteiger partial charge in [-0.05, 0) is 43.7 Å². The second-order valence-electron chi connectivity index (χ2n) is 7.16. The number of nitrogens with one attached hydrogen (secondary N) is 1. The second-order valence-corrected chi connectivity index (χ2v) is 7.16. The number of carbonyl (C=O) groups excluding carboxylic acids is 2. The van der Waals surface area contributed by atoms with Gasteiger partial charge in [-0.1, -0.05) is 24.3 Å². The first kappa shape index (κ1) is 17.9. The van der Waals surface area contributed by atoms with Crippen LogP contribution in [0.2, 0.25) is 0 Å². The normalized spacial score (nSPS) is 30.2. The number of benzene rings is 1. The molecule has 0 bridgehead atoms. The van der Waals surface area contributed by atoms with Crippen molar-refractivity contribution in [1.82, 2.24) is 10.2 Å². The Labute approximate surface area is 148 Å². The molecule has 2 fully saturated rings. The molecule has 0 radical (unpaired) electrons. The number of amides is 2. The molecular weight excluding hydrogens is 318 g/mol. The van der Waals surface area contributed by atoms with Crippen LogP contribution >= 0.6 is 0 Å². The fraction of sp³-hybridized carbons (Fsp3) is 0.579. The summed E-state index contributed by atoms with van der Waals surface area (Å²) in [4.78, 5) is 26.7. The van der Waals surface area contributed by atoms with Crippen LogP contribution in [0.5, 0.6) is 0 Å². The van der Waals surface area contributed by atoms with Crippen LogP contribution in [0.3, 0.4) is 0 Å². The molecule has 3 N–H and O–H groups in total. The van der Waals surface area contributed by atoms with Crippen LogP contribution in [0, 0.1) is 6.92 Å². The lowest BCUT2D eigenvalue weighted by Gasteiger charge is -2.39. The molecule has 25 heavy (non-hydrogen) atoms. The third kappa shape index (κ3) is 3.85. The predicted octanol–water partition coefficient (Wildman–Crippen LogP) is 1.28. The van der Waals surface area contributed by atoms with Gasteiger partial charge < -0.3 is 20.7 Å². The molecule has 1 aliphatic heterocycles. The smallest absolute Gasteiger partial charge is 0.251 e. The fourth-order valence-electron chi connectivity index (χ4n) is 3.77. The molecule has 2 atom stereocenters. The number of nitrogens with two attached hydrogens (primary N) is 1. The lowest BCUT2D eigenvalue weighted by molar-refractivity contribution is -0.162. The lowest BCUT2D eigenvalue weighted by Crippen LogP contribution is -2.55. The molecule has 2 amide bonds.